The maximum absolute atomic E-state index is 12.4. The van der Waals surface area contributed by atoms with Crippen molar-refractivity contribution in [2.24, 2.45) is 0 Å². The minimum atomic E-state index is -0.510. The Kier molecular flexibility index (Phi) is 6.49. The minimum Gasteiger partial charge on any atom is -0.497 e. The zero-order chi connectivity index (χ0) is 19.9. The number of hydrogen-bond acceptors (Lipinski definition) is 7. The summed E-state index contributed by atoms with van der Waals surface area (Å²) in [6.07, 6.45) is -0.460. The molecule has 2 aromatic carbocycles. The Bertz CT molecular complexity index is 833. The Labute approximate surface area is 163 Å². The van der Waals surface area contributed by atoms with E-state index in [9.17, 15) is 9.59 Å². The largest absolute Gasteiger partial charge is 0.497 e. The number of rotatable bonds is 7. The van der Waals surface area contributed by atoms with Crippen molar-refractivity contribution in [1.82, 2.24) is 0 Å². The lowest BCUT2D eigenvalue weighted by atomic mass is 10.1. The molecule has 28 heavy (non-hydrogen) atoms. The van der Waals surface area contributed by atoms with E-state index in [4.69, 9.17) is 23.7 Å². The van der Waals surface area contributed by atoms with Crippen molar-refractivity contribution in [2.75, 3.05) is 27.4 Å². The van der Waals surface area contributed by atoms with Crippen molar-refractivity contribution in [2.45, 2.75) is 18.6 Å². The molecule has 0 aromatic heterocycles. The molecule has 0 N–H and O–H groups in total. The zero-order valence-electron chi connectivity index (χ0n) is 15.8. The van der Waals surface area contributed by atoms with Crippen LogP contribution in [-0.4, -0.2) is 51.6 Å². The molecule has 2 aromatic rings. The normalized spacial score (nSPS) is 18.4. The van der Waals surface area contributed by atoms with Crippen LogP contribution in [0.5, 0.6) is 11.5 Å². The molecular formula is C21H22O7. The summed E-state index contributed by atoms with van der Waals surface area (Å²) < 4.78 is 26.7. The summed E-state index contributed by atoms with van der Waals surface area (Å²) in [7, 11) is 3.06. The number of hydrogen-bond donors (Lipinski definition) is 0. The third-order valence-electron chi connectivity index (χ3n) is 4.40. The van der Waals surface area contributed by atoms with Gasteiger partial charge in [-0.05, 0) is 36.4 Å². The average Bonchev–Trinajstić information content (AvgIpc) is 3.18. The highest BCUT2D eigenvalue weighted by molar-refractivity contribution is 5.90. The van der Waals surface area contributed by atoms with E-state index in [0.717, 1.165) is 0 Å². The van der Waals surface area contributed by atoms with E-state index in [-0.39, 0.29) is 6.61 Å². The molecule has 2 unspecified atom stereocenters. The average molecular weight is 386 g/mol. The minimum absolute atomic E-state index is 0.00784. The summed E-state index contributed by atoms with van der Waals surface area (Å²) >= 11 is 0. The predicted octanol–water partition coefficient (Wildman–Crippen LogP) is 2.88. The van der Waals surface area contributed by atoms with Gasteiger partial charge in [0, 0.05) is 6.42 Å². The summed E-state index contributed by atoms with van der Waals surface area (Å²) in [6.45, 7) is 0.420. The van der Waals surface area contributed by atoms with Crippen molar-refractivity contribution in [3.8, 4) is 11.5 Å². The molecule has 1 fully saturated rings. The summed E-state index contributed by atoms with van der Waals surface area (Å²) in [5.74, 6) is 0.170. The number of methoxy groups -OCH3 is 2. The standard InChI is InChI=1S/C21H22O7/c1-24-16-7-3-5-14(11-16)20(22)27-13-19-18(9-10-26-19)28-21(23)15-6-4-8-17(12-15)25-2/h3-8,11-12,18-19H,9-10,13H2,1-2H3. The molecule has 0 aliphatic carbocycles. The van der Waals surface area contributed by atoms with E-state index in [0.29, 0.717) is 35.7 Å². The topological polar surface area (TPSA) is 80.3 Å². The van der Waals surface area contributed by atoms with Crippen LogP contribution < -0.4 is 9.47 Å². The van der Waals surface area contributed by atoms with Gasteiger partial charge in [0.2, 0.25) is 0 Å². The lowest BCUT2D eigenvalue weighted by molar-refractivity contribution is -0.0282. The molecule has 0 amide bonds. The van der Waals surface area contributed by atoms with Gasteiger partial charge in [0.25, 0.3) is 0 Å². The molecular weight excluding hydrogens is 364 g/mol. The maximum Gasteiger partial charge on any atom is 0.338 e. The van der Waals surface area contributed by atoms with Crippen molar-refractivity contribution in [3.63, 3.8) is 0 Å². The lowest BCUT2D eigenvalue weighted by Gasteiger charge is -2.19. The second kappa shape index (κ2) is 9.23. The Morgan fingerprint density at radius 2 is 1.57 bits per heavy atom. The molecule has 0 bridgehead atoms. The van der Waals surface area contributed by atoms with Crippen LogP contribution in [0.4, 0.5) is 0 Å². The van der Waals surface area contributed by atoms with Crippen molar-refractivity contribution >= 4 is 11.9 Å². The fourth-order valence-corrected chi connectivity index (χ4v) is 2.87. The van der Waals surface area contributed by atoms with Gasteiger partial charge in [0.1, 0.15) is 30.3 Å². The zero-order valence-corrected chi connectivity index (χ0v) is 15.8. The number of ether oxygens (including phenoxy) is 5. The second-order valence-electron chi connectivity index (χ2n) is 6.20. The second-order valence-corrected chi connectivity index (χ2v) is 6.20. The SMILES string of the molecule is COc1cccc(C(=O)OCC2OCCC2OC(=O)c2cccc(OC)c2)c1. The first-order chi connectivity index (χ1) is 13.6. The molecule has 1 aliphatic rings. The van der Waals surface area contributed by atoms with Crippen LogP contribution in [0.25, 0.3) is 0 Å². The van der Waals surface area contributed by atoms with E-state index >= 15 is 0 Å². The van der Waals surface area contributed by atoms with Crippen LogP contribution in [-0.2, 0) is 14.2 Å². The molecule has 0 spiro atoms. The summed E-state index contributed by atoms with van der Waals surface area (Å²) in [5.41, 5.74) is 0.764. The fourth-order valence-electron chi connectivity index (χ4n) is 2.87. The van der Waals surface area contributed by atoms with Crippen molar-refractivity contribution in [1.29, 1.82) is 0 Å². The van der Waals surface area contributed by atoms with Crippen molar-refractivity contribution in [3.05, 3.63) is 59.7 Å². The van der Waals surface area contributed by atoms with Crippen LogP contribution in [0, 0.1) is 0 Å². The Hall–Kier alpha value is -3.06. The van der Waals surface area contributed by atoms with Gasteiger partial charge >= 0.3 is 11.9 Å². The van der Waals surface area contributed by atoms with Crippen LogP contribution in [0.2, 0.25) is 0 Å². The quantitative estimate of drug-likeness (QED) is 0.677. The summed E-state index contributed by atoms with van der Waals surface area (Å²) in [4.78, 5) is 24.6. The molecule has 1 aliphatic heterocycles. The van der Waals surface area contributed by atoms with Crippen LogP contribution in [0.15, 0.2) is 48.5 Å². The molecule has 7 nitrogen and oxygen atoms in total. The van der Waals surface area contributed by atoms with E-state index in [1.807, 2.05) is 0 Å². The van der Waals surface area contributed by atoms with Gasteiger partial charge in [-0.2, -0.15) is 0 Å². The molecule has 148 valence electrons. The molecule has 1 saturated heterocycles. The van der Waals surface area contributed by atoms with E-state index < -0.39 is 24.1 Å². The smallest absolute Gasteiger partial charge is 0.338 e. The van der Waals surface area contributed by atoms with Crippen LogP contribution >= 0.6 is 0 Å². The molecule has 0 radical (unpaired) electrons. The molecule has 0 saturated carbocycles. The summed E-state index contributed by atoms with van der Waals surface area (Å²) in [5, 5.41) is 0. The van der Waals surface area contributed by atoms with E-state index in [1.165, 1.54) is 14.2 Å². The number of carbonyl (C=O) groups excluding carboxylic acids is 2. The highest BCUT2D eigenvalue weighted by atomic mass is 16.6. The van der Waals surface area contributed by atoms with Crippen molar-refractivity contribution < 1.29 is 33.3 Å². The highest BCUT2D eigenvalue weighted by Gasteiger charge is 2.33. The third-order valence-corrected chi connectivity index (χ3v) is 4.40. The third kappa shape index (κ3) is 4.80. The first-order valence-electron chi connectivity index (χ1n) is 8.88. The van der Waals surface area contributed by atoms with E-state index in [1.54, 1.807) is 48.5 Å². The number of esters is 2. The van der Waals surface area contributed by atoms with E-state index in [2.05, 4.69) is 0 Å². The predicted molar refractivity (Wildman–Crippen MR) is 99.8 cm³/mol. The lowest BCUT2D eigenvalue weighted by Crippen LogP contribution is -2.32. The molecule has 1 heterocycles. The van der Waals surface area contributed by atoms with Gasteiger partial charge in [-0.15, -0.1) is 0 Å². The maximum atomic E-state index is 12.4. The summed E-state index contributed by atoms with van der Waals surface area (Å²) in [6, 6.07) is 13.4. The fraction of sp³-hybridized carbons (Fsp3) is 0.333. The molecule has 2 atom stereocenters. The Morgan fingerprint density at radius 1 is 0.964 bits per heavy atom. The van der Waals surface area contributed by atoms with Gasteiger partial charge in [0.15, 0.2) is 0 Å². The van der Waals surface area contributed by atoms with Gasteiger partial charge in [-0.1, -0.05) is 12.1 Å². The highest BCUT2D eigenvalue weighted by Crippen LogP contribution is 2.21. The molecule has 7 heteroatoms. The van der Waals surface area contributed by atoms with Gasteiger partial charge in [-0.3, -0.25) is 0 Å². The Balaban J connectivity index is 1.56. The first kappa shape index (κ1) is 19.7. The van der Waals surface area contributed by atoms with Crippen LogP contribution in [0.1, 0.15) is 27.1 Å². The number of carbonyl (C=O) groups is 2. The monoisotopic (exact) mass is 386 g/mol. The van der Waals surface area contributed by atoms with Gasteiger partial charge in [-0.25, -0.2) is 9.59 Å². The van der Waals surface area contributed by atoms with Gasteiger partial charge in [0.05, 0.1) is 32.0 Å². The first-order valence-corrected chi connectivity index (χ1v) is 8.88. The van der Waals surface area contributed by atoms with Gasteiger partial charge < -0.3 is 23.7 Å². The number of benzene rings is 2. The Morgan fingerprint density at radius 3 is 2.18 bits per heavy atom. The van der Waals surface area contributed by atoms with Crippen LogP contribution in [0.3, 0.4) is 0 Å². The molecule has 3 rings (SSSR count).